The molecule has 1 saturated heterocycles. The van der Waals surface area contributed by atoms with E-state index in [2.05, 4.69) is 15.4 Å². The third-order valence-electron chi connectivity index (χ3n) is 6.72. The minimum absolute atomic E-state index is 0.0761. The second-order valence-electron chi connectivity index (χ2n) is 10.1. The normalized spacial score (nSPS) is 20.8. The monoisotopic (exact) mass is 516 g/mol. The number of aromatic nitrogens is 3. The lowest BCUT2D eigenvalue weighted by Gasteiger charge is -2.28. The molecular weight excluding hydrogens is 483 g/mol. The van der Waals surface area contributed by atoms with Crippen molar-refractivity contribution >= 4 is 11.7 Å². The summed E-state index contributed by atoms with van der Waals surface area (Å²) in [7, 11) is 0. The minimum Gasteiger partial charge on any atom is -0.338 e. The van der Waals surface area contributed by atoms with Crippen LogP contribution in [0.4, 0.5) is 26.7 Å². The van der Waals surface area contributed by atoms with Crippen molar-refractivity contribution < 1.29 is 26.7 Å². The number of amides is 2. The van der Waals surface area contributed by atoms with Crippen LogP contribution in [0.5, 0.6) is 0 Å². The molecule has 3 heterocycles. The number of allylic oxidation sites excluding steroid dienone is 1. The van der Waals surface area contributed by atoms with Crippen LogP contribution in [-0.2, 0) is 6.54 Å². The van der Waals surface area contributed by atoms with Crippen molar-refractivity contribution in [3.63, 3.8) is 0 Å². The first-order valence-corrected chi connectivity index (χ1v) is 11.9. The summed E-state index contributed by atoms with van der Waals surface area (Å²) in [5.74, 6) is -0.0106. The van der Waals surface area contributed by atoms with Crippen molar-refractivity contribution in [3.8, 4) is 0 Å². The zero-order valence-corrected chi connectivity index (χ0v) is 20.6. The third-order valence-corrected chi connectivity index (χ3v) is 6.72. The Bertz CT molecular complexity index is 1070. The molecule has 0 saturated carbocycles. The maximum absolute atomic E-state index is 13.1. The van der Waals surface area contributed by atoms with Crippen LogP contribution in [0, 0.1) is 17.3 Å². The number of imidazole rings is 1. The van der Waals surface area contributed by atoms with Crippen molar-refractivity contribution in [3.05, 3.63) is 41.9 Å². The van der Waals surface area contributed by atoms with Crippen LogP contribution in [0.2, 0.25) is 0 Å². The van der Waals surface area contributed by atoms with Crippen molar-refractivity contribution in [1.29, 1.82) is 0 Å². The molecule has 36 heavy (non-hydrogen) atoms. The van der Waals surface area contributed by atoms with Crippen molar-refractivity contribution in [2.75, 3.05) is 13.1 Å². The molecule has 1 fully saturated rings. The van der Waals surface area contributed by atoms with Gasteiger partial charge in [-0.1, -0.05) is 32.9 Å². The highest BCUT2D eigenvalue weighted by atomic mass is 19.4. The largest absolute Gasteiger partial charge is 0.393 e. The molecule has 1 aliphatic heterocycles. The van der Waals surface area contributed by atoms with Crippen LogP contribution in [0.15, 0.2) is 30.6 Å². The number of carbonyl (C=O) groups excluding carboxylic acids is 1. The molecule has 2 amide bonds. The van der Waals surface area contributed by atoms with E-state index in [0.29, 0.717) is 30.0 Å². The molecule has 0 aliphatic carbocycles. The lowest BCUT2D eigenvalue weighted by molar-refractivity contribution is -0.214. The van der Waals surface area contributed by atoms with Gasteiger partial charge in [0.2, 0.25) is 6.43 Å². The molecule has 3 N–H and O–H groups in total. The topological polar surface area (TPSA) is 88.5 Å². The number of alkyl halides is 5. The molecule has 3 atom stereocenters. The number of nitrogens with one attached hydrogen (secondary N) is 1. The van der Waals surface area contributed by atoms with Gasteiger partial charge >= 0.3 is 12.2 Å². The molecule has 0 spiro atoms. The fourth-order valence-corrected chi connectivity index (χ4v) is 4.00. The average Bonchev–Trinajstić information content (AvgIpc) is 3.16. The molecular formula is C24H33F5N6O. The summed E-state index contributed by atoms with van der Waals surface area (Å²) in [4.78, 5) is 18.6. The molecule has 7 nitrogen and oxygen atoms in total. The van der Waals surface area contributed by atoms with Crippen LogP contribution < -0.4 is 11.1 Å². The summed E-state index contributed by atoms with van der Waals surface area (Å²) in [6.07, 6.45) is -0.726. The fraction of sp³-hybridized carbons (Fsp3) is 0.625. The minimum atomic E-state index is -4.32. The Hall–Kier alpha value is -2.76. The quantitative estimate of drug-likeness (QED) is 0.359. The Kier molecular flexibility index (Phi) is 8.58. The first-order valence-electron chi connectivity index (χ1n) is 11.9. The first-order chi connectivity index (χ1) is 16.8. The number of nitrogens with zero attached hydrogens (tertiary/aromatic N) is 4. The summed E-state index contributed by atoms with van der Waals surface area (Å²) < 4.78 is 66.0. The second-order valence-corrected chi connectivity index (χ2v) is 10.1. The molecule has 3 rings (SSSR count). The SMILES string of the molecule is C[C@H]1CNC(=O)N(Cc2cnn3cc([C@@H](N)CCC(C)(C)C(F)(F)F)nc3c2)C[C@@H]1/C=C/CC(F)F. The van der Waals surface area contributed by atoms with Gasteiger partial charge in [-0.3, -0.25) is 0 Å². The highest BCUT2D eigenvalue weighted by molar-refractivity contribution is 5.74. The molecule has 1 aliphatic rings. The Labute approximate surface area is 206 Å². The molecule has 12 heteroatoms. The van der Waals surface area contributed by atoms with E-state index in [9.17, 15) is 26.7 Å². The molecule has 2 aromatic rings. The average molecular weight is 517 g/mol. The Balaban J connectivity index is 1.70. The number of carbonyl (C=O) groups is 1. The van der Waals surface area contributed by atoms with E-state index in [0.717, 1.165) is 13.8 Å². The fourth-order valence-electron chi connectivity index (χ4n) is 4.00. The zero-order valence-electron chi connectivity index (χ0n) is 20.6. The van der Waals surface area contributed by atoms with Crippen molar-refractivity contribution in [2.45, 2.75) is 65.2 Å². The molecule has 0 aromatic carbocycles. The van der Waals surface area contributed by atoms with Gasteiger partial charge in [-0.05, 0) is 36.3 Å². The van der Waals surface area contributed by atoms with Gasteiger partial charge in [0.05, 0.1) is 23.5 Å². The van der Waals surface area contributed by atoms with Crippen LogP contribution in [0.1, 0.15) is 57.3 Å². The predicted molar refractivity (Wildman–Crippen MR) is 125 cm³/mol. The lowest BCUT2D eigenvalue weighted by atomic mass is 9.85. The third kappa shape index (κ3) is 6.92. The summed E-state index contributed by atoms with van der Waals surface area (Å²) >= 11 is 0. The maximum atomic E-state index is 13.1. The lowest BCUT2D eigenvalue weighted by Crippen LogP contribution is -2.38. The van der Waals surface area contributed by atoms with E-state index in [-0.39, 0.29) is 43.7 Å². The number of hydrogen-bond donors (Lipinski definition) is 2. The van der Waals surface area contributed by atoms with Gasteiger partial charge in [-0.25, -0.2) is 23.1 Å². The molecule has 0 bridgehead atoms. The number of nitrogens with two attached hydrogens (primary N) is 1. The summed E-state index contributed by atoms with van der Waals surface area (Å²) in [5, 5.41) is 7.17. The van der Waals surface area contributed by atoms with Gasteiger partial charge in [-0.15, -0.1) is 0 Å². The van der Waals surface area contributed by atoms with E-state index in [1.807, 2.05) is 6.92 Å². The predicted octanol–water partition coefficient (Wildman–Crippen LogP) is 5.09. The Morgan fingerprint density at radius 1 is 1.31 bits per heavy atom. The van der Waals surface area contributed by atoms with Gasteiger partial charge < -0.3 is 16.0 Å². The summed E-state index contributed by atoms with van der Waals surface area (Å²) in [6.45, 7) is 5.28. The number of urea groups is 1. The van der Waals surface area contributed by atoms with Crippen molar-refractivity contribution in [2.24, 2.45) is 23.0 Å². The standard InChI is InChI=1S/C24H33F5N6O/c1-15-10-31-22(36)34(13-17(15)5-4-6-20(25)26)12-16-9-21-33-19(14-35(21)32-11-16)18(30)7-8-23(2,3)24(27,28)29/h4-5,9,11,14-15,17-18,20H,6-8,10,12-13,30H2,1-3H3,(H,31,36)/b5-4+/t15-,17-,18-/m0/s1. The molecule has 0 radical (unpaired) electrons. The van der Waals surface area contributed by atoms with E-state index in [1.54, 1.807) is 29.4 Å². The number of fused-ring (bicyclic) bond motifs is 1. The van der Waals surface area contributed by atoms with Gasteiger partial charge in [0, 0.05) is 32.1 Å². The first kappa shape index (κ1) is 27.8. The smallest absolute Gasteiger partial charge is 0.338 e. The highest BCUT2D eigenvalue weighted by Crippen LogP contribution is 2.42. The van der Waals surface area contributed by atoms with Gasteiger partial charge in [-0.2, -0.15) is 18.3 Å². The van der Waals surface area contributed by atoms with Crippen LogP contribution >= 0.6 is 0 Å². The van der Waals surface area contributed by atoms with Crippen molar-refractivity contribution in [1.82, 2.24) is 24.8 Å². The molecule has 0 unspecified atom stereocenters. The number of rotatable bonds is 9. The Morgan fingerprint density at radius 2 is 2.03 bits per heavy atom. The van der Waals surface area contributed by atoms with Gasteiger partial charge in [0.1, 0.15) is 0 Å². The van der Waals surface area contributed by atoms with Crippen LogP contribution in [-0.4, -0.2) is 51.2 Å². The molecule has 200 valence electrons. The van der Waals surface area contributed by atoms with E-state index in [1.165, 1.54) is 10.6 Å². The number of halogens is 5. The van der Waals surface area contributed by atoms with Crippen LogP contribution in [0.3, 0.4) is 0 Å². The van der Waals surface area contributed by atoms with E-state index < -0.39 is 24.1 Å². The van der Waals surface area contributed by atoms with E-state index >= 15 is 0 Å². The van der Waals surface area contributed by atoms with E-state index in [4.69, 9.17) is 5.73 Å². The van der Waals surface area contributed by atoms with Gasteiger partial charge in [0.25, 0.3) is 0 Å². The number of hydrogen-bond acceptors (Lipinski definition) is 4. The molecule has 2 aromatic heterocycles. The summed E-state index contributed by atoms with van der Waals surface area (Å²) in [6, 6.07) is 0.798. The zero-order chi connectivity index (χ0) is 26.7. The van der Waals surface area contributed by atoms with Gasteiger partial charge in [0.15, 0.2) is 5.65 Å². The maximum Gasteiger partial charge on any atom is 0.393 e. The van der Waals surface area contributed by atoms with Crippen LogP contribution in [0.25, 0.3) is 5.65 Å². The Morgan fingerprint density at radius 3 is 2.69 bits per heavy atom. The highest BCUT2D eigenvalue weighted by Gasteiger charge is 2.46. The second kappa shape index (κ2) is 11.1. The summed E-state index contributed by atoms with van der Waals surface area (Å²) in [5.41, 5.74) is 5.88.